The zero-order valence-corrected chi connectivity index (χ0v) is 23.7. The average Bonchev–Trinajstić information content (AvgIpc) is 2.92. The first kappa shape index (κ1) is 29.8. The Bertz CT molecular complexity index is 1540. The van der Waals surface area contributed by atoms with Crippen molar-refractivity contribution in [2.75, 3.05) is 23.0 Å². The van der Waals surface area contributed by atoms with Crippen LogP contribution in [-0.4, -0.2) is 36.6 Å². The maximum atomic E-state index is 11.9. The number of azide groups is 1. The van der Waals surface area contributed by atoms with Gasteiger partial charge < -0.3 is 9.47 Å². The molecule has 1 heterocycles. The van der Waals surface area contributed by atoms with Crippen molar-refractivity contribution in [3.63, 3.8) is 0 Å². The third-order valence-corrected chi connectivity index (χ3v) is 7.47. The van der Waals surface area contributed by atoms with E-state index in [0.717, 1.165) is 11.1 Å². The zero-order valence-electron chi connectivity index (χ0n) is 21.4. The molecule has 0 atom stereocenters. The van der Waals surface area contributed by atoms with Crippen molar-refractivity contribution in [1.82, 2.24) is 9.97 Å². The normalized spacial score (nSPS) is 11.3. The van der Waals surface area contributed by atoms with Gasteiger partial charge in [-0.15, -0.1) is 11.6 Å². The molecule has 0 fully saturated rings. The summed E-state index contributed by atoms with van der Waals surface area (Å²) in [4.78, 5) is 10.8. The van der Waals surface area contributed by atoms with Crippen LogP contribution in [0.3, 0.4) is 0 Å². The Kier molecular flexibility index (Phi) is 9.83. The number of halogens is 2. The Balaban J connectivity index is 1.82. The third-order valence-electron chi connectivity index (χ3n) is 5.79. The Hall–Kier alpha value is -3.75. The first-order chi connectivity index (χ1) is 18.5. The van der Waals surface area contributed by atoms with Gasteiger partial charge in [-0.2, -0.15) is 5.26 Å². The van der Waals surface area contributed by atoms with Crippen LogP contribution >= 0.6 is 23.2 Å². The quantitative estimate of drug-likeness (QED) is 0.113. The largest absolute Gasteiger partial charge is 0.489 e. The second kappa shape index (κ2) is 12.9. The lowest BCUT2D eigenvalue weighted by molar-refractivity contribution is 0.301. The molecule has 0 saturated heterocycles. The van der Waals surface area contributed by atoms with Crippen LogP contribution in [0.4, 0.5) is 11.6 Å². The van der Waals surface area contributed by atoms with E-state index in [2.05, 4.69) is 30.8 Å². The fourth-order valence-electron chi connectivity index (χ4n) is 3.52. The van der Waals surface area contributed by atoms with Gasteiger partial charge >= 0.3 is 0 Å². The van der Waals surface area contributed by atoms with Crippen LogP contribution in [0.1, 0.15) is 43.2 Å². The summed E-state index contributed by atoms with van der Waals surface area (Å²) in [7, 11) is -3.59. The summed E-state index contributed by atoms with van der Waals surface area (Å²) in [6, 6.07) is 12.9. The smallest absolute Gasteiger partial charge is 0.236 e. The molecule has 0 aliphatic rings. The second-order valence-corrected chi connectivity index (χ2v) is 11.4. The molecule has 0 saturated carbocycles. The maximum Gasteiger partial charge on any atom is 0.236 e. The summed E-state index contributed by atoms with van der Waals surface area (Å²) in [5.41, 5.74) is 10.7. The summed E-state index contributed by atoms with van der Waals surface area (Å²) in [6.45, 7) is 5.61. The van der Waals surface area contributed by atoms with E-state index in [1.54, 1.807) is 24.3 Å². The van der Waals surface area contributed by atoms with Gasteiger partial charge in [0, 0.05) is 16.5 Å². The van der Waals surface area contributed by atoms with Crippen LogP contribution in [0.15, 0.2) is 47.7 Å². The van der Waals surface area contributed by atoms with E-state index in [9.17, 15) is 13.7 Å². The first-order valence-electron chi connectivity index (χ1n) is 11.6. The van der Waals surface area contributed by atoms with Crippen molar-refractivity contribution >= 4 is 44.9 Å². The zero-order chi connectivity index (χ0) is 28.6. The minimum atomic E-state index is -3.59. The molecule has 39 heavy (non-hydrogen) atoms. The first-order valence-corrected chi connectivity index (χ1v) is 14.2. The van der Waals surface area contributed by atoms with Crippen molar-refractivity contribution in [1.29, 1.82) is 5.26 Å². The number of sulfonamides is 1. The van der Waals surface area contributed by atoms with Crippen LogP contribution in [0.2, 0.25) is 5.02 Å². The Labute approximate surface area is 236 Å². The predicted octanol–water partition coefficient (Wildman–Crippen LogP) is 6.23. The molecule has 0 spiro atoms. The van der Waals surface area contributed by atoms with E-state index in [1.807, 2.05) is 26.0 Å². The van der Waals surface area contributed by atoms with Crippen LogP contribution in [0.5, 0.6) is 11.5 Å². The summed E-state index contributed by atoms with van der Waals surface area (Å²) in [6.07, 6.45) is 1.22. The highest BCUT2D eigenvalue weighted by molar-refractivity contribution is 7.92. The van der Waals surface area contributed by atoms with E-state index in [1.165, 1.54) is 13.1 Å². The number of aromatic nitrogens is 2. The number of benzene rings is 2. The number of nitrogens with one attached hydrogen (secondary N) is 1. The molecule has 1 N–H and O–H groups in total. The highest BCUT2D eigenvalue weighted by Gasteiger charge is 2.26. The van der Waals surface area contributed by atoms with E-state index < -0.39 is 15.4 Å². The summed E-state index contributed by atoms with van der Waals surface area (Å²) >= 11 is 12.1. The number of nitrogens with zero attached hydrogens (tertiary/aromatic N) is 6. The number of hydrogen-bond acceptors (Lipinski definition) is 8. The van der Waals surface area contributed by atoms with E-state index >= 15 is 0 Å². The van der Waals surface area contributed by atoms with Gasteiger partial charge in [0.2, 0.25) is 16.0 Å². The number of nitriles is 1. The standard InChI is InChI=1S/C25H25Cl2N7O4S/c1-4-39(35,36)33-24-30-14-21(32-34-29)22(31-24)15-38-19-7-5-17(6-8-19)25(2,3)18-11-16(13-28)23(20(27)12-18)37-10-9-26/h5-8,11-12,14H,4,9-10,15H2,1-3H3,(H,30,31,33). The molecule has 0 aliphatic heterocycles. The fourth-order valence-corrected chi connectivity index (χ4v) is 4.39. The number of alkyl halides is 1. The fraction of sp³-hybridized carbons (Fsp3) is 0.320. The number of ether oxygens (including phenoxy) is 2. The van der Waals surface area contributed by atoms with Gasteiger partial charge in [-0.1, -0.05) is 42.7 Å². The summed E-state index contributed by atoms with van der Waals surface area (Å²) in [5, 5.41) is 13.5. The van der Waals surface area contributed by atoms with Gasteiger partial charge in [0.25, 0.3) is 0 Å². The average molecular weight is 590 g/mol. The molecule has 2 aromatic carbocycles. The molecule has 0 bridgehead atoms. The molecule has 14 heteroatoms. The van der Waals surface area contributed by atoms with Crippen molar-refractivity contribution in [2.45, 2.75) is 32.8 Å². The van der Waals surface area contributed by atoms with Crippen molar-refractivity contribution in [2.24, 2.45) is 5.11 Å². The topological polar surface area (TPSA) is 163 Å². The summed E-state index contributed by atoms with van der Waals surface area (Å²) in [5.74, 6) is 0.763. The molecule has 11 nitrogen and oxygen atoms in total. The maximum absolute atomic E-state index is 11.9. The van der Waals surface area contributed by atoms with Gasteiger partial charge in [0.1, 0.15) is 25.0 Å². The molecule has 3 aromatic rings. The van der Waals surface area contributed by atoms with Gasteiger partial charge in [0.05, 0.1) is 33.6 Å². The molecular weight excluding hydrogens is 565 g/mol. The second-order valence-electron chi connectivity index (χ2n) is 8.64. The van der Waals surface area contributed by atoms with Gasteiger partial charge in [-0.3, -0.25) is 4.72 Å². The lowest BCUT2D eigenvalue weighted by atomic mass is 9.77. The van der Waals surface area contributed by atoms with Crippen LogP contribution in [-0.2, 0) is 22.0 Å². The number of anilines is 1. The minimum Gasteiger partial charge on any atom is -0.489 e. The van der Waals surface area contributed by atoms with Gasteiger partial charge in [-0.05, 0) is 47.8 Å². The predicted molar refractivity (Wildman–Crippen MR) is 149 cm³/mol. The summed E-state index contributed by atoms with van der Waals surface area (Å²) < 4.78 is 37.4. The van der Waals surface area contributed by atoms with Crippen LogP contribution in [0, 0.1) is 11.3 Å². The number of hydrogen-bond donors (Lipinski definition) is 1. The molecule has 0 amide bonds. The lowest BCUT2D eigenvalue weighted by Crippen LogP contribution is -2.19. The third kappa shape index (κ3) is 7.43. The van der Waals surface area contributed by atoms with Crippen LogP contribution in [0.25, 0.3) is 10.4 Å². The molecule has 0 unspecified atom stereocenters. The lowest BCUT2D eigenvalue weighted by Gasteiger charge is -2.27. The monoisotopic (exact) mass is 589 g/mol. The van der Waals surface area contributed by atoms with Crippen molar-refractivity contribution in [3.8, 4) is 17.6 Å². The van der Waals surface area contributed by atoms with Gasteiger partial charge in [0.15, 0.2) is 5.75 Å². The molecule has 204 valence electrons. The van der Waals surface area contributed by atoms with E-state index in [4.69, 9.17) is 38.2 Å². The Morgan fingerprint density at radius 3 is 2.54 bits per heavy atom. The van der Waals surface area contributed by atoms with Gasteiger partial charge in [-0.25, -0.2) is 18.4 Å². The number of rotatable bonds is 12. The van der Waals surface area contributed by atoms with E-state index in [0.29, 0.717) is 22.1 Å². The van der Waals surface area contributed by atoms with Crippen LogP contribution < -0.4 is 14.2 Å². The van der Waals surface area contributed by atoms with Crippen molar-refractivity contribution in [3.05, 3.63) is 80.4 Å². The molecule has 3 rings (SSSR count). The Morgan fingerprint density at radius 1 is 1.21 bits per heavy atom. The highest BCUT2D eigenvalue weighted by Crippen LogP contribution is 2.38. The molecule has 0 radical (unpaired) electrons. The highest BCUT2D eigenvalue weighted by atomic mass is 35.5. The SMILES string of the molecule is CCS(=O)(=O)Nc1ncc(N=[N+]=[N-])c(COc2ccc(C(C)(C)c3cc(Cl)c(OCCCl)c(C#N)c3)cc2)n1. The molecular formula is C25H25Cl2N7O4S. The minimum absolute atomic E-state index is 0.106. The Morgan fingerprint density at radius 2 is 1.92 bits per heavy atom. The molecule has 0 aliphatic carbocycles. The van der Waals surface area contributed by atoms with E-state index in [-0.39, 0.29) is 42.2 Å². The molecule has 1 aromatic heterocycles. The van der Waals surface area contributed by atoms with Crippen molar-refractivity contribution < 1.29 is 17.9 Å².